The van der Waals surface area contributed by atoms with Gasteiger partial charge in [-0.3, -0.25) is 15.7 Å². The molecule has 3 atom stereocenters. The summed E-state index contributed by atoms with van der Waals surface area (Å²) in [5.41, 5.74) is 3.50. The van der Waals surface area contributed by atoms with Crippen LogP contribution in [0.4, 0.5) is 0 Å². The van der Waals surface area contributed by atoms with Crippen molar-refractivity contribution in [3.05, 3.63) is 18.1 Å². The third-order valence-corrected chi connectivity index (χ3v) is 4.15. The Kier molecular flexibility index (Phi) is 4.11. The Morgan fingerprint density at radius 3 is 3.15 bits per heavy atom. The monoisotopic (exact) mass is 279 g/mol. The van der Waals surface area contributed by atoms with E-state index >= 15 is 0 Å². The topological polar surface area (TPSA) is 85.5 Å². The molecule has 0 aliphatic carbocycles. The molecule has 3 unspecified atom stereocenters. The predicted molar refractivity (Wildman–Crippen MR) is 73.0 cm³/mol. The van der Waals surface area contributed by atoms with Crippen molar-refractivity contribution in [1.29, 1.82) is 0 Å². The molecule has 0 spiro atoms. The molecule has 1 aromatic rings. The van der Waals surface area contributed by atoms with Gasteiger partial charge in [-0.2, -0.15) is 0 Å². The fourth-order valence-electron chi connectivity index (χ4n) is 3.11. The summed E-state index contributed by atoms with van der Waals surface area (Å²) in [6.07, 6.45) is 5.68. The number of hydrazine groups is 1. The van der Waals surface area contributed by atoms with Gasteiger partial charge in [-0.1, -0.05) is 0 Å². The number of rotatable bonds is 4. The maximum absolute atomic E-state index is 5.99. The first-order valence-electron chi connectivity index (χ1n) is 7.00. The summed E-state index contributed by atoms with van der Waals surface area (Å²) in [7, 11) is 1.58. The first kappa shape index (κ1) is 13.7. The van der Waals surface area contributed by atoms with Gasteiger partial charge in [0, 0.05) is 25.0 Å². The summed E-state index contributed by atoms with van der Waals surface area (Å²) in [4.78, 5) is 11.0. The quantitative estimate of drug-likeness (QED) is 0.585. The molecule has 1 aromatic heterocycles. The van der Waals surface area contributed by atoms with Crippen molar-refractivity contribution in [2.75, 3.05) is 26.8 Å². The SMILES string of the molecule is COc1nccnc1C(NN)C1CN2CCCC2CO1. The third-order valence-electron chi connectivity index (χ3n) is 4.15. The van der Waals surface area contributed by atoms with E-state index in [9.17, 15) is 0 Å². The lowest BCUT2D eigenvalue weighted by Crippen LogP contribution is -2.52. The molecule has 3 heterocycles. The highest BCUT2D eigenvalue weighted by molar-refractivity contribution is 5.22. The smallest absolute Gasteiger partial charge is 0.237 e. The number of morpholine rings is 1. The van der Waals surface area contributed by atoms with Gasteiger partial charge in [-0.25, -0.2) is 10.4 Å². The molecular formula is C13H21N5O2. The van der Waals surface area contributed by atoms with Crippen LogP contribution >= 0.6 is 0 Å². The van der Waals surface area contributed by atoms with E-state index in [0.29, 0.717) is 17.6 Å². The van der Waals surface area contributed by atoms with Gasteiger partial charge in [0.2, 0.25) is 5.88 Å². The molecule has 2 saturated heterocycles. The summed E-state index contributed by atoms with van der Waals surface area (Å²) in [6, 6.07) is 0.341. The lowest BCUT2D eigenvalue weighted by molar-refractivity contribution is -0.0662. The maximum Gasteiger partial charge on any atom is 0.237 e. The van der Waals surface area contributed by atoms with Crippen LogP contribution in [0, 0.1) is 0 Å². The summed E-state index contributed by atoms with van der Waals surface area (Å²) in [5.74, 6) is 6.21. The number of hydrogen-bond donors (Lipinski definition) is 2. The highest BCUT2D eigenvalue weighted by atomic mass is 16.5. The highest BCUT2D eigenvalue weighted by Crippen LogP contribution is 2.30. The Morgan fingerprint density at radius 1 is 1.50 bits per heavy atom. The lowest BCUT2D eigenvalue weighted by atomic mass is 10.0. The van der Waals surface area contributed by atoms with Gasteiger partial charge >= 0.3 is 0 Å². The minimum absolute atomic E-state index is 0.0417. The average Bonchev–Trinajstić information content (AvgIpc) is 2.96. The van der Waals surface area contributed by atoms with Crippen LogP contribution in [0.5, 0.6) is 5.88 Å². The molecule has 0 amide bonds. The van der Waals surface area contributed by atoms with E-state index in [1.807, 2.05) is 0 Å². The molecule has 3 N–H and O–H groups in total. The van der Waals surface area contributed by atoms with E-state index in [1.165, 1.54) is 12.8 Å². The van der Waals surface area contributed by atoms with Crippen LogP contribution in [-0.4, -0.2) is 53.8 Å². The van der Waals surface area contributed by atoms with E-state index < -0.39 is 0 Å². The van der Waals surface area contributed by atoms with Crippen LogP contribution in [0.1, 0.15) is 24.6 Å². The van der Waals surface area contributed by atoms with Crippen molar-refractivity contribution in [3.8, 4) is 5.88 Å². The average molecular weight is 279 g/mol. The largest absolute Gasteiger partial charge is 0.480 e. The molecule has 110 valence electrons. The molecule has 3 rings (SSSR count). The molecule has 7 nitrogen and oxygen atoms in total. The zero-order chi connectivity index (χ0) is 13.9. The molecule has 2 aliphatic heterocycles. The molecule has 0 radical (unpaired) electrons. The number of nitrogens with two attached hydrogens (primary N) is 1. The first-order chi connectivity index (χ1) is 9.83. The summed E-state index contributed by atoms with van der Waals surface area (Å²) >= 11 is 0. The number of nitrogens with zero attached hydrogens (tertiary/aromatic N) is 3. The Hall–Kier alpha value is -1.28. The molecule has 0 bridgehead atoms. The first-order valence-corrected chi connectivity index (χ1v) is 7.00. The number of nitrogens with one attached hydrogen (secondary N) is 1. The van der Waals surface area contributed by atoms with Crippen molar-refractivity contribution >= 4 is 0 Å². The number of ether oxygens (including phenoxy) is 2. The third kappa shape index (κ3) is 2.49. The minimum Gasteiger partial charge on any atom is -0.480 e. The minimum atomic E-state index is -0.222. The van der Waals surface area contributed by atoms with Crippen LogP contribution in [0.25, 0.3) is 0 Å². The van der Waals surface area contributed by atoms with Gasteiger partial charge in [-0.05, 0) is 19.4 Å². The van der Waals surface area contributed by atoms with Crippen LogP contribution < -0.4 is 16.0 Å². The summed E-state index contributed by atoms with van der Waals surface area (Å²) in [6.45, 7) is 2.75. The normalized spacial score (nSPS) is 28.1. The van der Waals surface area contributed by atoms with Crippen molar-refractivity contribution in [2.45, 2.75) is 31.0 Å². The maximum atomic E-state index is 5.99. The number of hydrogen-bond acceptors (Lipinski definition) is 7. The Balaban J connectivity index is 1.79. The highest BCUT2D eigenvalue weighted by Gasteiger charge is 2.37. The number of methoxy groups -OCH3 is 1. The predicted octanol–water partition coefficient (Wildman–Crippen LogP) is -0.147. The summed E-state index contributed by atoms with van der Waals surface area (Å²) < 4.78 is 11.3. The summed E-state index contributed by atoms with van der Waals surface area (Å²) in [5, 5.41) is 0. The van der Waals surface area contributed by atoms with Crippen LogP contribution in [0.15, 0.2) is 12.4 Å². The fourth-order valence-corrected chi connectivity index (χ4v) is 3.11. The second kappa shape index (κ2) is 6.01. The second-order valence-electron chi connectivity index (χ2n) is 5.26. The number of aromatic nitrogens is 2. The van der Waals surface area contributed by atoms with E-state index in [2.05, 4.69) is 20.3 Å². The molecule has 7 heteroatoms. The zero-order valence-corrected chi connectivity index (χ0v) is 11.7. The Morgan fingerprint density at radius 2 is 2.35 bits per heavy atom. The van der Waals surface area contributed by atoms with E-state index in [4.69, 9.17) is 15.3 Å². The number of fused-ring (bicyclic) bond motifs is 1. The molecule has 2 aliphatic rings. The molecule has 0 aromatic carbocycles. The van der Waals surface area contributed by atoms with Gasteiger partial charge in [-0.15, -0.1) is 0 Å². The molecule has 2 fully saturated rings. The standard InChI is InChI=1S/C13H21N5O2/c1-19-13-12(15-4-5-16-13)11(17-14)10-7-18-6-2-3-9(18)8-20-10/h4-5,9-11,17H,2-3,6-8,14H2,1H3. The lowest BCUT2D eigenvalue weighted by Gasteiger charge is -2.38. The second-order valence-corrected chi connectivity index (χ2v) is 5.26. The van der Waals surface area contributed by atoms with E-state index in [0.717, 1.165) is 19.7 Å². The van der Waals surface area contributed by atoms with E-state index in [1.54, 1.807) is 19.5 Å². The van der Waals surface area contributed by atoms with Crippen LogP contribution in [0.2, 0.25) is 0 Å². The van der Waals surface area contributed by atoms with Crippen LogP contribution in [-0.2, 0) is 4.74 Å². The zero-order valence-electron chi connectivity index (χ0n) is 11.7. The van der Waals surface area contributed by atoms with Gasteiger partial charge in [0.15, 0.2) is 0 Å². The molecular weight excluding hydrogens is 258 g/mol. The van der Waals surface area contributed by atoms with Crippen molar-refractivity contribution < 1.29 is 9.47 Å². The molecule has 20 heavy (non-hydrogen) atoms. The Labute approximate surface area is 118 Å². The van der Waals surface area contributed by atoms with E-state index in [-0.39, 0.29) is 12.1 Å². The van der Waals surface area contributed by atoms with Gasteiger partial charge < -0.3 is 9.47 Å². The van der Waals surface area contributed by atoms with Gasteiger partial charge in [0.05, 0.1) is 25.9 Å². The van der Waals surface area contributed by atoms with Crippen molar-refractivity contribution in [1.82, 2.24) is 20.3 Å². The Bertz CT molecular complexity index is 458. The van der Waals surface area contributed by atoms with Crippen molar-refractivity contribution in [2.24, 2.45) is 5.84 Å². The van der Waals surface area contributed by atoms with Gasteiger partial charge in [0.25, 0.3) is 0 Å². The van der Waals surface area contributed by atoms with Crippen LogP contribution in [0.3, 0.4) is 0 Å². The fraction of sp³-hybridized carbons (Fsp3) is 0.692. The van der Waals surface area contributed by atoms with Gasteiger partial charge in [0.1, 0.15) is 5.69 Å². The van der Waals surface area contributed by atoms with Crippen molar-refractivity contribution in [3.63, 3.8) is 0 Å². The molecule has 0 saturated carbocycles.